The summed E-state index contributed by atoms with van der Waals surface area (Å²) in [7, 11) is 5.51. The Morgan fingerprint density at radius 2 is 0.929 bits per heavy atom. The van der Waals surface area contributed by atoms with Gasteiger partial charge in [-0.2, -0.15) is 0 Å². The minimum absolute atomic E-state index is 0.0451. The molecule has 2 rings (SSSR count). The van der Waals surface area contributed by atoms with Crippen molar-refractivity contribution >= 4 is 23.3 Å². The standard InChI is InChI=1S/C18H18N2O8/c1-25-13-5-9(17(21)22)11(7-15(13)27-3)19-20-12-8-16(28-4)14(26-2)6-10(12)18(23)24/h5-8H,1-4H3,(H,21,22)(H,23,24). The molecule has 0 spiro atoms. The first-order valence-electron chi connectivity index (χ1n) is 7.76. The summed E-state index contributed by atoms with van der Waals surface area (Å²) >= 11 is 0. The van der Waals surface area contributed by atoms with Crippen LogP contribution in [-0.2, 0) is 0 Å². The first-order chi connectivity index (χ1) is 13.4. The summed E-state index contributed by atoms with van der Waals surface area (Å²) in [5.74, 6) is -1.63. The largest absolute Gasteiger partial charge is 0.493 e. The van der Waals surface area contributed by atoms with Gasteiger partial charge in [-0.1, -0.05) is 0 Å². The van der Waals surface area contributed by atoms with Gasteiger partial charge in [0.15, 0.2) is 23.0 Å². The SMILES string of the molecule is COc1cc(N=Nc2cc(OC)c(OC)cc2C(=O)O)c(C(=O)O)cc1OC. The molecule has 0 aliphatic carbocycles. The van der Waals surface area contributed by atoms with Crippen LogP contribution in [0.2, 0.25) is 0 Å². The average molecular weight is 390 g/mol. The number of carbonyl (C=O) groups is 2. The predicted octanol–water partition coefficient (Wildman–Crippen LogP) is 3.53. The maximum absolute atomic E-state index is 11.5. The predicted molar refractivity (Wildman–Crippen MR) is 97.2 cm³/mol. The molecule has 0 unspecified atom stereocenters. The Balaban J connectivity index is 2.62. The Kier molecular flexibility index (Phi) is 6.38. The van der Waals surface area contributed by atoms with Crippen LogP contribution in [0.15, 0.2) is 34.5 Å². The number of benzene rings is 2. The molecule has 10 nitrogen and oxygen atoms in total. The molecule has 2 aromatic rings. The quantitative estimate of drug-likeness (QED) is 0.653. The Morgan fingerprint density at radius 3 is 1.18 bits per heavy atom. The first-order valence-corrected chi connectivity index (χ1v) is 7.76. The lowest BCUT2D eigenvalue weighted by Gasteiger charge is -2.11. The van der Waals surface area contributed by atoms with Gasteiger partial charge in [0.2, 0.25) is 0 Å². The van der Waals surface area contributed by atoms with Gasteiger partial charge in [0.1, 0.15) is 11.4 Å². The molecule has 0 atom stereocenters. The summed E-state index contributed by atoms with van der Waals surface area (Å²) < 4.78 is 20.4. The van der Waals surface area contributed by atoms with Gasteiger partial charge < -0.3 is 29.2 Å². The van der Waals surface area contributed by atoms with E-state index >= 15 is 0 Å². The van der Waals surface area contributed by atoms with E-state index in [1.165, 1.54) is 52.7 Å². The van der Waals surface area contributed by atoms with E-state index in [1.807, 2.05) is 0 Å². The fraction of sp³-hybridized carbons (Fsp3) is 0.222. The molecule has 28 heavy (non-hydrogen) atoms. The van der Waals surface area contributed by atoms with E-state index in [-0.39, 0.29) is 45.5 Å². The Hall–Kier alpha value is -3.82. The van der Waals surface area contributed by atoms with E-state index in [2.05, 4.69) is 10.2 Å². The minimum Gasteiger partial charge on any atom is -0.493 e. The van der Waals surface area contributed by atoms with Gasteiger partial charge in [0.25, 0.3) is 0 Å². The van der Waals surface area contributed by atoms with E-state index in [1.54, 1.807) is 0 Å². The Bertz CT molecular complexity index is 864. The van der Waals surface area contributed by atoms with Gasteiger partial charge in [-0.3, -0.25) is 0 Å². The van der Waals surface area contributed by atoms with Crippen LogP contribution in [0.25, 0.3) is 0 Å². The summed E-state index contributed by atoms with van der Waals surface area (Å²) in [4.78, 5) is 23.1. The van der Waals surface area contributed by atoms with Crippen molar-refractivity contribution in [1.29, 1.82) is 0 Å². The van der Waals surface area contributed by atoms with Crippen LogP contribution in [-0.4, -0.2) is 50.6 Å². The number of carboxylic acid groups (broad SMARTS) is 2. The van der Waals surface area contributed by atoms with Gasteiger partial charge in [-0.05, 0) is 0 Å². The number of rotatable bonds is 8. The number of ether oxygens (including phenoxy) is 4. The topological polar surface area (TPSA) is 136 Å². The summed E-state index contributed by atoms with van der Waals surface area (Å²) in [5.41, 5.74) is -0.481. The normalized spacial score (nSPS) is 10.6. The van der Waals surface area contributed by atoms with Crippen molar-refractivity contribution in [2.75, 3.05) is 28.4 Å². The van der Waals surface area contributed by atoms with Crippen molar-refractivity contribution in [1.82, 2.24) is 0 Å². The highest BCUT2D eigenvalue weighted by Crippen LogP contribution is 2.38. The zero-order chi connectivity index (χ0) is 20.8. The molecular weight excluding hydrogens is 372 g/mol. The fourth-order valence-corrected chi connectivity index (χ4v) is 2.35. The summed E-state index contributed by atoms with van der Waals surface area (Å²) in [6.07, 6.45) is 0. The maximum atomic E-state index is 11.5. The summed E-state index contributed by atoms with van der Waals surface area (Å²) in [6.45, 7) is 0. The van der Waals surface area contributed by atoms with Crippen molar-refractivity contribution < 1.29 is 38.7 Å². The number of hydrogen-bond donors (Lipinski definition) is 2. The third-order valence-electron chi connectivity index (χ3n) is 3.73. The second-order valence-electron chi connectivity index (χ2n) is 5.26. The highest BCUT2D eigenvalue weighted by atomic mass is 16.5. The molecule has 0 aliphatic rings. The zero-order valence-electron chi connectivity index (χ0n) is 15.5. The van der Waals surface area contributed by atoms with Crippen LogP contribution >= 0.6 is 0 Å². The molecular formula is C18H18N2O8. The molecule has 0 saturated heterocycles. The molecule has 0 aliphatic heterocycles. The molecule has 0 bridgehead atoms. The molecule has 0 heterocycles. The van der Waals surface area contributed by atoms with E-state index in [9.17, 15) is 19.8 Å². The molecule has 148 valence electrons. The number of carboxylic acids is 2. The van der Waals surface area contributed by atoms with Crippen molar-refractivity contribution in [3.05, 3.63) is 35.4 Å². The Morgan fingerprint density at radius 1 is 0.643 bits per heavy atom. The molecule has 2 N–H and O–H groups in total. The van der Waals surface area contributed by atoms with Crippen LogP contribution in [0.1, 0.15) is 20.7 Å². The minimum atomic E-state index is -1.26. The van der Waals surface area contributed by atoms with Gasteiger partial charge in [-0.15, -0.1) is 10.2 Å². The van der Waals surface area contributed by atoms with E-state index in [0.29, 0.717) is 0 Å². The second kappa shape index (κ2) is 8.71. The van der Waals surface area contributed by atoms with Gasteiger partial charge >= 0.3 is 11.9 Å². The summed E-state index contributed by atoms with van der Waals surface area (Å²) in [5, 5.41) is 26.6. The molecule has 10 heteroatoms. The smallest absolute Gasteiger partial charge is 0.338 e. The highest BCUT2D eigenvalue weighted by Gasteiger charge is 2.19. The molecule has 0 fully saturated rings. The molecule has 0 amide bonds. The van der Waals surface area contributed by atoms with Gasteiger partial charge in [0.05, 0.1) is 39.6 Å². The van der Waals surface area contributed by atoms with Gasteiger partial charge in [0, 0.05) is 24.3 Å². The van der Waals surface area contributed by atoms with Gasteiger partial charge in [-0.25, -0.2) is 9.59 Å². The molecule has 0 radical (unpaired) electrons. The molecule has 0 aromatic heterocycles. The van der Waals surface area contributed by atoms with Crippen LogP contribution in [0.5, 0.6) is 23.0 Å². The lowest BCUT2D eigenvalue weighted by molar-refractivity contribution is 0.0686. The van der Waals surface area contributed by atoms with Crippen LogP contribution < -0.4 is 18.9 Å². The molecule has 2 aromatic carbocycles. The first kappa shape index (κ1) is 20.5. The highest BCUT2D eigenvalue weighted by molar-refractivity contribution is 5.95. The van der Waals surface area contributed by atoms with Crippen molar-refractivity contribution in [3.8, 4) is 23.0 Å². The fourth-order valence-electron chi connectivity index (χ4n) is 2.35. The number of methoxy groups -OCH3 is 4. The zero-order valence-corrected chi connectivity index (χ0v) is 15.5. The molecule has 0 saturated carbocycles. The number of aromatic carboxylic acids is 2. The maximum Gasteiger partial charge on any atom is 0.338 e. The number of azo groups is 1. The second-order valence-corrected chi connectivity index (χ2v) is 5.26. The van der Waals surface area contributed by atoms with Crippen LogP contribution in [0, 0.1) is 0 Å². The Labute approximate surface area is 159 Å². The lowest BCUT2D eigenvalue weighted by atomic mass is 10.1. The van der Waals surface area contributed by atoms with E-state index in [0.717, 1.165) is 0 Å². The summed E-state index contributed by atoms with van der Waals surface area (Å²) in [6, 6.07) is 5.13. The van der Waals surface area contributed by atoms with E-state index < -0.39 is 11.9 Å². The monoisotopic (exact) mass is 390 g/mol. The van der Waals surface area contributed by atoms with Crippen LogP contribution in [0.3, 0.4) is 0 Å². The van der Waals surface area contributed by atoms with Crippen molar-refractivity contribution in [2.24, 2.45) is 10.2 Å². The van der Waals surface area contributed by atoms with Crippen molar-refractivity contribution in [2.45, 2.75) is 0 Å². The third-order valence-corrected chi connectivity index (χ3v) is 3.73. The third kappa shape index (κ3) is 4.11. The van der Waals surface area contributed by atoms with Crippen LogP contribution in [0.4, 0.5) is 11.4 Å². The lowest BCUT2D eigenvalue weighted by Crippen LogP contribution is -2.00. The number of nitrogens with zero attached hydrogens (tertiary/aromatic N) is 2. The average Bonchev–Trinajstić information content (AvgIpc) is 2.70. The number of hydrogen-bond acceptors (Lipinski definition) is 8. The van der Waals surface area contributed by atoms with E-state index in [4.69, 9.17) is 18.9 Å². The van der Waals surface area contributed by atoms with Crippen molar-refractivity contribution in [3.63, 3.8) is 0 Å².